The van der Waals surface area contributed by atoms with Crippen LogP contribution in [-0.4, -0.2) is 48.2 Å². The van der Waals surface area contributed by atoms with Crippen LogP contribution in [0.1, 0.15) is 43.5 Å². The summed E-state index contributed by atoms with van der Waals surface area (Å²) in [4.78, 5) is 27.3. The smallest absolute Gasteiger partial charge is 0.338 e. The molecule has 3 rings (SSSR count). The van der Waals surface area contributed by atoms with E-state index >= 15 is 0 Å². The molecule has 0 spiro atoms. The van der Waals surface area contributed by atoms with Crippen LogP contribution in [0.25, 0.3) is 0 Å². The Morgan fingerprint density at radius 2 is 1.88 bits per heavy atom. The molecule has 0 amide bonds. The van der Waals surface area contributed by atoms with E-state index in [-0.39, 0.29) is 24.1 Å². The number of nitrogens with zero attached hydrogens (tertiary/aromatic N) is 1. The molecule has 2 unspecified atom stereocenters. The second-order valence-corrected chi connectivity index (χ2v) is 7.02. The Balaban J connectivity index is 1.79. The van der Waals surface area contributed by atoms with Crippen molar-refractivity contribution >= 4 is 11.9 Å². The summed E-state index contributed by atoms with van der Waals surface area (Å²) < 4.78 is 11.2. The lowest BCUT2D eigenvalue weighted by Gasteiger charge is -2.41. The molecule has 5 nitrogen and oxygen atoms in total. The van der Waals surface area contributed by atoms with Gasteiger partial charge in [-0.15, -0.1) is 0 Å². The molecule has 1 aromatic carbocycles. The summed E-state index contributed by atoms with van der Waals surface area (Å²) >= 11 is 0. The van der Waals surface area contributed by atoms with Gasteiger partial charge in [-0.3, -0.25) is 9.69 Å². The third-order valence-corrected chi connectivity index (χ3v) is 5.11. The van der Waals surface area contributed by atoms with E-state index < -0.39 is 12.0 Å². The van der Waals surface area contributed by atoms with Crippen molar-refractivity contribution in [2.75, 3.05) is 7.05 Å². The molecule has 24 heavy (non-hydrogen) atoms. The molecule has 0 N–H and O–H groups in total. The van der Waals surface area contributed by atoms with E-state index in [2.05, 4.69) is 4.90 Å². The molecule has 2 aliphatic heterocycles. The zero-order chi connectivity index (χ0) is 17.3. The lowest BCUT2D eigenvalue weighted by molar-refractivity contribution is -0.162. The molecule has 2 bridgehead atoms. The van der Waals surface area contributed by atoms with Gasteiger partial charge in [-0.05, 0) is 45.9 Å². The van der Waals surface area contributed by atoms with Crippen LogP contribution < -0.4 is 0 Å². The van der Waals surface area contributed by atoms with Crippen LogP contribution in [0.15, 0.2) is 30.3 Å². The maximum atomic E-state index is 12.6. The van der Waals surface area contributed by atoms with Gasteiger partial charge in [0, 0.05) is 18.5 Å². The molecule has 2 fully saturated rings. The Morgan fingerprint density at radius 1 is 1.17 bits per heavy atom. The number of hydrogen-bond acceptors (Lipinski definition) is 5. The van der Waals surface area contributed by atoms with Crippen molar-refractivity contribution in [1.29, 1.82) is 0 Å². The molecule has 4 atom stereocenters. The van der Waals surface area contributed by atoms with Gasteiger partial charge in [0.2, 0.25) is 0 Å². The first-order chi connectivity index (χ1) is 11.5. The standard InChI is InChI=1S/C19H25NO4/c1-12(2)23-19(22)17-15-10-9-14(20(15)3)11-16(17)24-18(21)13-7-5-4-6-8-13/h4-8,12,14-17H,9-11H2,1-3H3/t14-,15?,16+,17?/m1/s1. The van der Waals surface area contributed by atoms with Crippen LogP contribution in [0.3, 0.4) is 0 Å². The monoisotopic (exact) mass is 331 g/mol. The maximum Gasteiger partial charge on any atom is 0.338 e. The number of piperidine rings is 1. The molecule has 0 aromatic heterocycles. The van der Waals surface area contributed by atoms with Gasteiger partial charge in [0.1, 0.15) is 12.0 Å². The van der Waals surface area contributed by atoms with Gasteiger partial charge in [-0.2, -0.15) is 0 Å². The van der Waals surface area contributed by atoms with Crippen molar-refractivity contribution in [1.82, 2.24) is 4.90 Å². The Bertz CT molecular complexity index is 601. The fourth-order valence-corrected chi connectivity index (χ4v) is 3.94. The first-order valence-corrected chi connectivity index (χ1v) is 8.66. The molecule has 5 heteroatoms. The normalized spacial score (nSPS) is 29.5. The predicted octanol–water partition coefficient (Wildman–Crippen LogP) is 2.65. The van der Waals surface area contributed by atoms with E-state index in [1.54, 1.807) is 24.3 Å². The zero-order valence-electron chi connectivity index (χ0n) is 14.5. The van der Waals surface area contributed by atoms with E-state index in [4.69, 9.17) is 9.47 Å². The van der Waals surface area contributed by atoms with Crippen LogP contribution in [0, 0.1) is 5.92 Å². The van der Waals surface area contributed by atoms with Crippen LogP contribution in [0.5, 0.6) is 0 Å². The van der Waals surface area contributed by atoms with Gasteiger partial charge in [-0.25, -0.2) is 4.79 Å². The Hall–Kier alpha value is -1.88. The third kappa shape index (κ3) is 3.31. The second kappa shape index (κ2) is 6.93. The predicted molar refractivity (Wildman–Crippen MR) is 89.6 cm³/mol. The molecule has 1 aromatic rings. The largest absolute Gasteiger partial charge is 0.463 e. The SMILES string of the molecule is CC(C)OC(=O)C1C2CC[C@H](C[C@@H]1OC(=O)c1ccccc1)N2C. The fraction of sp³-hybridized carbons (Fsp3) is 0.579. The summed E-state index contributed by atoms with van der Waals surface area (Å²) in [6, 6.07) is 9.38. The minimum Gasteiger partial charge on any atom is -0.463 e. The van der Waals surface area contributed by atoms with Crippen LogP contribution >= 0.6 is 0 Å². The molecular formula is C19H25NO4. The van der Waals surface area contributed by atoms with Gasteiger partial charge in [0.25, 0.3) is 0 Å². The number of ether oxygens (including phenoxy) is 2. The van der Waals surface area contributed by atoms with Crippen LogP contribution in [0.2, 0.25) is 0 Å². The second-order valence-electron chi connectivity index (χ2n) is 7.02. The number of rotatable bonds is 4. The van der Waals surface area contributed by atoms with E-state index in [0.717, 1.165) is 12.8 Å². The molecule has 2 heterocycles. The molecule has 2 aliphatic rings. The van der Waals surface area contributed by atoms with E-state index in [9.17, 15) is 9.59 Å². The maximum absolute atomic E-state index is 12.6. The van der Waals surface area contributed by atoms with Crippen LogP contribution in [-0.2, 0) is 14.3 Å². The minimum absolute atomic E-state index is 0.0866. The van der Waals surface area contributed by atoms with Crippen molar-refractivity contribution in [3.05, 3.63) is 35.9 Å². The topological polar surface area (TPSA) is 55.8 Å². The Morgan fingerprint density at radius 3 is 2.54 bits per heavy atom. The van der Waals surface area contributed by atoms with E-state index in [1.807, 2.05) is 27.0 Å². The third-order valence-electron chi connectivity index (χ3n) is 5.11. The highest BCUT2D eigenvalue weighted by atomic mass is 16.6. The fourth-order valence-electron chi connectivity index (χ4n) is 3.94. The van der Waals surface area contributed by atoms with Gasteiger partial charge in [0.15, 0.2) is 0 Å². The number of benzene rings is 1. The van der Waals surface area contributed by atoms with Gasteiger partial charge >= 0.3 is 11.9 Å². The summed E-state index contributed by atoms with van der Waals surface area (Å²) in [5, 5.41) is 0. The Kier molecular flexibility index (Phi) is 4.90. The lowest BCUT2D eigenvalue weighted by Crippen LogP contribution is -2.54. The van der Waals surface area contributed by atoms with E-state index in [0.29, 0.717) is 18.0 Å². The molecule has 0 aliphatic carbocycles. The van der Waals surface area contributed by atoms with Crippen molar-refractivity contribution in [2.24, 2.45) is 5.92 Å². The highest BCUT2D eigenvalue weighted by Crippen LogP contribution is 2.40. The summed E-state index contributed by atoms with van der Waals surface area (Å²) in [5.41, 5.74) is 0.514. The van der Waals surface area contributed by atoms with Crippen molar-refractivity contribution in [3.63, 3.8) is 0 Å². The average molecular weight is 331 g/mol. The molecule has 130 valence electrons. The minimum atomic E-state index is -0.419. The van der Waals surface area contributed by atoms with Crippen LogP contribution in [0.4, 0.5) is 0 Å². The van der Waals surface area contributed by atoms with Crippen molar-refractivity contribution in [2.45, 2.75) is 57.4 Å². The first kappa shape index (κ1) is 17.0. The number of carbonyl (C=O) groups excluding carboxylic acids is 2. The molecule has 0 saturated carbocycles. The van der Waals surface area contributed by atoms with Gasteiger partial charge < -0.3 is 9.47 Å². The molecule has 0 radical (unpaired) electrons. The summed E-state index contributed by atoms with van der Waals surface area (Å²) in [6.07, 6.45) is 2.07. The Labute approximate surface area is 142 Å². The van der Waals surface area contributed by atoms with E-state index in [1.165, 1.54) is 0 Å². The highest BCUT2D eigenvalue weighted by molar-refractivity contribution is 5.89. The highest BCUT2D eigenvalue weighted by Gasteiger charge is 2.51. The number of hydrogen-bond donors (Lipinski definition) is 0. The quantitative estimate of drug-likeness (QED) is 0.794. The number of fused-ring (bicyclic) bond motifs is 2. The summed E-state index contributed by atoms with van der Waals surface area (Å²) in [6.45, 7) is 3.68. The lowest BCUT2D eigenvalue weighted by atomic mass is 9.87. The number of carbonyl (C=O) groups is 2. The summed E-state index contributed by atoms with van der Waals surface area (Å²) in [7, 11) is 2.05. The van der Waals surface area contributed by atoms with Gasteiger partial charge in [0.05, 0.1) is 11.7 Å². The van der Waals surface area contributed by atoms with Gasteiger partial charge in [-0.1, -0.05) is 18.2 Å². The average Bonchev–Trinajstić information content (AvgIpc) is 2.79. The first-order valence-electron chi connectivity index (χ1n) is 8.66. The molecule has 2 saturated heterocycles. The summed E-state index contributed by atoms with van der Waals surface area (Å²) in [5.74, 6) is -1.04. The van der Waals surface area contributed by atoms with Crippen molar-refractivity contribution < 1.29 is 19.1 Å². The number of esters is 2. The molecular weight excluding hydrogens is 306 g/mol. The van der Waals surface area contributed by atoms with Crippen molar-refractivity contribution in [3.8, 4) is 0 Å². The zero-order valence-corrected chi connectivity index (χ0v) is 14.5.